The van der Waals surface area contributed by atoms with Gasteiger partial charge >= 0.3 is 0 Å². The van der Waals surface area contributed by atoms with Gasteiger partial charge in [0.1, 0.15) is 5.82 Å². The van der Waals surface area contributed by atoms with E-state index in [1.807, 2.05) is 29.2 Å². The molecule has 2 aliphatic rings. The van der Waals surface area contributed by atoms with E-state index in [0.29, 0.717) is 18.0 Å². The number of rotatable bonds is 5. The summed E-state index contributed by atoms with van der Waals surface area (Å²) in [5.41, 5.74) is 1.14. The monoisotopic (exact) mass is 380 g/mol. The Balaban J connectivity index is 0.00000182. The van der Waals surface area contributed by atoms with Crippen molar-refractivity contribution in [3.05, 3.63) is 40.6 Å². The fourth-order valence-corrected chi connectivity index (χ4v) is 4.67. The number of carbonyl (C=O) groups is 1. The molecule has 1 N–H and O–H groups in total. The molecular formula is C18H25ClN4OS. The highest BCUT2D eigenvalue weighted by molar-refractivity contribution is 7.08. The summed E-state index contributed by atoms with van der Waals surface area (Å²) in [6.07, 6.45) is 7.31. The number of aryl methyl sites for hydroxylation is 1. The first-order valence-corrected chi connectivity index (χ1v) is 9.72. The Labute approximate surface area is 158 Å². The van der Waals surface area contributed by atoms with Crippen molar-refractivity contribution in [2.24, 2.45) is 5.41 Å². The van der Waals surface area contributed by atoms with Gasteiger partial charge in [0.05, 0.1) is 12.1 Å². The lowest BCUT2D eigenvalue weighted by molar-refractivity contribution is 0.0685. The maximum Gasteiger partial charge on any atom is 0.255 e. The van der Waals surface area contributed by atoms with Gasteiger partial charge in [-0.15, -0.1) is 12.4 Å². The van der Waals surface area contributed by atoms with Gasteiger partial charge in [-0.2, -0.15) is 11.3 Å². The van der Waals surface area contributed by atoms with Gasteiger partial charge in [0.25, 0.3) is 5.91 Å². The molecular weight excluding hydrogens is 356 g/mol. The van der Waals surface area contributed by atoms with E-state index in [4.69, 9.17) is 0 Å². The van der Waals surface area contributed by atoms with Crippen molar-refractivity contribution in [2.45, 2.75) is 45.3 Å². The van der Waals surface area contributed by atoms with E-state index in [1.54, 1.807) is 11.3 Å². The van der Waals surface area contributed by atoms with Crippen LogP contribution in [-0.2, 0) is 13.1 Å². The van der Waals surface area contributed by atoms with Crippen molar-refractivity contribution in [2.75, 3.05) is 13.1 Å². The summed E-state index contributed by atoms with van der Waals surface area (Å²) in [5.74, 6) is 1.14. The molecule has 2 aromatic rings. The first kappa shape index (κ1) is 18.4. The van der Waals surface area contributed by atoms with Crippen LogP contribution in [-0.4, -0.2) is 39.5 Å². The fourth-order valence-electron chi connectivity index (χ4n) is 4.04. The molecule has 2 fully saturated rings. The highest BCUT2D eigenvalue weighted by atomic mass is 35.5. The summed E-state index contributed by atoms with van der Waals surface area (Å²) in [6, 6.07) is 2.29. The van der Waals surface area contributed by atoms with E-state index in [-0.39, 0.29) is 18.3 Å². The maximum atomic E-state index is 13.1. The molecule has 3 heterocycles. The van der Waals surface area contributed by atoms with Crippen LogP contribution in [0.4, 0.5) is 0 Å². The number of aromatic nitrogens is 2. The number of hydrogen-bond acceptors (Lipinski definition) is 4. The van der Waals surface area contributed by atoms with Crippen LogP contribution < -0.4 is 5.32 Å². The van der Waals surface area contributed by atoms with Crippen molar-refractivity contribution in [3.8, 4) is 0 Å². The smallest absolute Gasteiger partial charge is 0.255 e. The minimum absolute atomic E-state index is 0. The summed E-state index contributed by atoms with van der Waals surface area (Å²) >= 11 is 1.58. The predicted octanol–water partition coefficient (Wildman–Crippen LogP) is 3.17. The molecule has 1 saturated heterocycles. The Morgan fingerprint density at radius 3 is 2.96 bits per heavy atom. The van der Waals surface area contributed by atoms with Crippen molar-refractivity contribution in [1.29, 1.82) is 0 Å². The molecule has 1 spiro atoms. The van der Waals surface area contributed by atoms with E-state index < -0.39 is 0 Å². The van der Waals surface area contributed by atoms with Gasteiger partial charge in [-0.3, -0.25) is 4.79 Å². The van der Waals surface area contributed by atoms with Crippen LogP contribution in [0.15, 0.2) is 29.2 Å². The average molecular weight is 381 g/mol. The second-order valence-corrected chi connectivity index (χ2v) is 7.69. The summed E-state index contributed by atoms with van der Waals surface area (Å²) < 4.78 is 2.13. The molecule has 0 bridgehead atoms. The molecule has 5 nitrogen and oxygen atoms in total. The number of carbonyl (C=O) groups excluding carboxylic acids is 1. The molecule has 0 aromatic carbocycles. The van der Waals surface area contributed by atoms with Gasteiger partial charge in [-0.1, -0.05) is 0 Å². The Morgan fingerprint density at radius 1 is 1.48 bits per heavy atom. The molecule has 1 unspecified atom stereocenters. The number of thiophene rings is 1. The van der Waals surface area contributed by atoms with Crippen LogP contribution in [0, 0.1) is 5.41 Å². The Hall–Kier alpha value is -1.37. The lowest BCUT2D eigenvalue weighted by Gasteiger charge is -2.29. The quantitative estimate of drug-likeness (QED) is 0.866. The van der Waals surface area contributed by atoms with Gasteiger partial charge < -0.3 is 14.8 Å². The Kier molecular flexibility index (Phi) is 5.51. The number of halogens is 1. The number of hydrogen-bond donors (Lipinski definition) is 1. The lowest BCUT2D eigenvalue weighted by Crippen LogP contribution is -2.39. The number of imidazole rings is 1. The molecule has 4 rings (SSSR count). The normalized spacial score (nSPS) is 20.9. The highest BCUT2D eigenvalue weighted by Crippen LogP contribution is 2.56. The molecule has 2 aromatic heterocycles. The van der Waals surface area contributed by atoms with Crippen molar-refractivity contribution >= 4 is 29.7 Å². The van der Waals surface area contributed by atoms with Crippen LogP contribution in [0.1, 0.15) is 42.4 Å². The number of nitrogens with zero attached hydrogens (tertiary/aromatic N) is 3. The molecule has 7 heteroatoms. The Morgan fingerprint density at radius 2 is 2.28 bits per heavy atom. The molecule has 1 amide bonds. The minimum atomic E-state index is 0. The van der Waals surface area contributed by atoms with Gasteiger partial charge in [0.2, 0.25) is 0 Å². The topological polar surface area (TPSA) is 50.2 Å². The minimum Gasteiger partial charge on any atom is -0.334 e. The van der Waals surface area contributed by atoms with Crippen LogP contribution in [0.5, 0.6) is 0 Å². The molecule has 1 aliphatic carbocycles. The fraction of sp³-hybridized carbons (Fsp3) is 0.556. The number of piperidine rings is 1. The van der Waals surface area contributed by atoms with Crippen LogP contribution in [0.2, 0.25) is 0 Å². The zero-order valence-corrected chi connectivity index (χ0v) is 16.1. The summed E-state index contributed by atoms with van der Waals surface area (Å²) in [5, 5.41) is 7.38. The molecule has 1 atom stereocenters. The second kappa shape index (κ2) is 7.48. The first-order valence-electron chi connectivity index (χ1n) is 8.77. The molecule has 0 radical (unpaired) electrons. The third-order valence-electron chi connectivity index (χ3n) is 5.61. The van der Waals surface area contributed by atoms with Gasteiger partial charge in [0, 0.05) is 30.4 Å². The molecule has 1 aliphatic heterocycles. The maximum absolute atomic E-state index is 13.1. The third-order valence-corrected chi connectivity index (χ3v) is 6.29. The van der Waals surface area contributed by atoms with Crippen LogP contribution in [0.25, 0.3) is 0 Å². The first-order chi connectivity index (χ1) is 11.7. The molecule has 136 valence electrons. The van der Waals surface area contributed by atoms with E-state index in [2.05, 4.69) is 26.7 Å². The van der Waals surface area contributed by atoms with E-state index >= 15 is 0 Å². The number of amides is 1. The third kappa shape index (κ3) is 3.48. The largest absolute Gasteiger partial charge is 0.334 e. The Bertz CT molecular complexity index is 708. The predicted molar refractivity (Wildman–Crippen MR) is 102 cm³/mol. The van der Waals surface area contributed by atoms with Gasteiger partial charge in [-0.05, 0) is 56.1 Å². The van der Waals surface area contributed by atoms with Crippen molar-refractivity contribution < 1.29 is 4.79 Å². The molecule has 25 heavy (non-hydrogen) atoms. The standard InChI is InChI=1S/C18H24N4OS.ClH/c1-2-21-9-8-20-16(21)12-22(17(23)14-3-10-24-13-14)15-11-18(15)4-6-19-7-5-18;/h3,8-10,13,15,19H,2,4-7,11-12H2,1H3;1H. The van der Waals surface area contributed by atoms with Gasteiger partial charge in [0.15, 0.2) is 0 Å². The van der Waals surface area contributed by atoms with E-state index in [9.17, 15) is 4.79 Å². The van der Waals surface area contributed by atoms with E-state index in [0.717, 1.165) is 37.4 Å². The lowest BCUT2D eigenvalue weighted by atomic mass is 9.93. The van der Waals surface area contributed by atoms with Crippen molar-refractivity contribution in [3.63, 3.8) is 0 Å². The van der Waals surface area contributed by atoms with Crippen molar-refractivity contribution in [1.82, 2.24) is 19.8 Å². The summed E-state index contributed by atoms with van der Waals surface area (Å²) in [7, 11) is 0. The summed E-state index contributed by atoms with van der Waals surface area (Å²) in [4.78, 5) is 19.7. The number of nitrogens with one attached hydrogen (secondary N) is 1. The van der Waals surface area contributed by atoms with Gasteiger partial charge in [-0.25, -0.2) is 4.98 Å². The zero-order chi connectivity index (χ0) is 16.6. The zero-order valence-electron chi connectivity index (χ0n) is 14.5. The SMILES string of the molecule is CCn1ccnc1CN(C(=O)c1ccsc1)C1CC12CCNCC2.Cl. The van der Waals surface area contributed by atoms with E-state index in [1.165, 1.54) is 12.8 Å². The second-order valence-electron chi connectivity index (χ2n) is 6.91. The molecule has 1 saturated carbocycles. The average Bonchev–Trinajstić information content (AvgIpc) is 3.05. The van der Waals surface area contributed by atoms with Crippen LogP contribution in [0.3, 0.4) is 0 Å². The van der Waals surface area contributed by atoms with Crippen LogP contribution >= 0.6 is 23.7 Å². The summed E-state index contributed by atoms with van der Waals surface area (Å²) in [6.45, 7) is 5.74. The highest BCUT2D eigenvalue weighted by Gasteiger charge is 2.57.